The topological polar surface area (TPSA) is 114 Å². The maximum absolute atomic E-state index is 14.5. The van der Waals surface area contributed by atoms with E-state index in [0.717, 1.165) is 5.56 Å². The summed E-state index contributed by atoms with van der Waals surface area (Å²) >= 11 is 0. The Morgan fingerprint density at radius 1 is 1.08 bits per heavy atom. The van der Waals surface area contributed by atoms with Gasteiger partial charge in [-0.25, -0.2) is 4.39 Å². The Morgan fingerprint density at radius 3 is 2.47 bits per heavy atom. The van der Waals surface area contributed by atoms with E-state index >= 15 is 0 Å². The summed E-state index contributed by atoms with van der Waals surface area (Å²) in [6, 6.07) is 10.8. The maximum atomic E-state index is 14.5. The van der Waals surface area contributed by atoms with Crippen molar-refractivity contribution in [2.75, 3.05) is 31.1 Å². The van der Waals surface area contributed by atoms with Crippen LogP contribution in [0.5, 0.6) is 0 Å². The molecule has 5 rings (SSSR count). The molecule has 1 N–H and O–H groups in total. The molecule has 0 bridgehead atoms. The Balaban J connectivity index is 1.27. The average Bonchev–Trinajstić information content (AvgIpc) is 3.20. The first-order chi connectivity index (χ1) is 17.3. The van der Waals surface area contributed by atoms with Crippen molar-refractivity contribution in [1.29, 1.82) is 5.26 Å². The molecule has 3 heterocycles. The molecule has 9 nitrogen and oxygen atoms in total. The maximum Gasteiger partial charge on any atom is 0.255 e. The zero-order chi connectivity index (χ0) is 25.4. The van der Waals surface area contributed by atoms with E-state index < -0.39 is 23.7 Å². The lowest BCUT2D eigenvalue weighted by Crippen LogP contribution is -2.52. The second-order valence-corrected chi connectivity index (χ2v) is 9.20. The minimum absolute atomic E-state index is 0.0250. The summed E-state index contributed by atoms with van der Waals surface area (Å²) in [5.74, 6) is -1.86. The molecule has 10 heteroatoms. The van der Waals surface area contributed by atoms with Crippen LogP contribution in [0.4, 0.5) is 10.1 Å². The highest BCUT2D eigenvalue weighted by atomic mass is 19.1. The molecule has 1 unspecified atom stereocenters. The molecule has 0 saturated carbocycles. The van der Waals surface area contributed by atoms with Gasteiger partial charge in [0.05, 0.1) is 18.1 Å². The SMILES string of the molecule is N#Cc1ccc(CC(=O)N2CCN(c3cc(F)cc4c3CN(C3CCC(=O)NC3=O)C4=O)CC2)cc1. The van der Waals surface area contributed by atoms with Crippen molar-refractivity contribution in [3.05, 3.63) is 64.5 Å². The number of fused-ring (bicyclic) bond motifs is 1. The number of halogens is 1. The van der Waals surface area contributed by atoms with E-state index in [0.29, 0.717) is 43.0 Å². The number of nitriles is 1. The lowest BCUT2D eigenvalue weighted by molar-refractivity contribution is -0.137. The van der Waals surface area contributed by atoms with Crippen LogP contribution in [0, 0.1) is 17.1 Å². The Morgan fingerprint density at radius 2 is 1.81 bits per heavy atom. The third-order valence-electron chi connectivity index (χ3n) is 7.01. The number of rotatable bonds is 4. The third kappa shape index (κ3) is 4.40. The number of piperazine rings is 1. The molecule has 0 radical (unpaired) electrons. The van der Waals surface area contributed by atoms with Crippen molar-refractivity contribution >= 4 is 29.3 Å². The van der Waals surface area contributed by atoms with Gasteiger partial charge in [0.1, 0.15) is 11.9 Å². The highest BCUT2D eigenvalue weighted by Crippen LogP contribution is 2.35. The van der Waals surface area contributed by atoms with Crippen LogP contribution in [0.1, 0.15) is 39.9 Å². The van der Waals surface area contributed by atoms with Gasteiger partial charge in [-0.3, -0.25) is 24.5 Å². The van der Waals surface area contributed by atoms with Gasteiger partial charge < -0.3 is 14.7 Å². The lowest BCUT2D eigenvalue weighted by atomic mass is 10.0. The monoisotopic (exact) mass is 489 g/mol. The van der Waals surface area contributed by atoms with E-state index in [1.165, 1.54) is 17.0 Å². The molecule has 1 atom stereocenters. The smallest absolute Gasteiger partial charge is 0.255 e. The molecule has 4 amide bonds. The molecule has 36 heavy (non-hydrogen) atoms. The fraction of sp³-hybridized carbons (Fsp3) is 0.346. The number of imide groups is 1. The summed E-state index contributed by atoms with van der Waals surface area (Å²) in [5.41, 5.74) is 2.85. The molecular weight excluding hydrogens is 465 g/mol. The fourth-order valence-corrected chi connectivity index (χ4v) is 5.07. The predicted molar refractivity (Wildman–Crippen MR) is 126 cm³/mol. The molecule has 3 aliphatic heterocycles. The second-order valence-electron chi connectivity index (χ2n) is 9.20. The van der Waals surface area contributed by atoms with Crippen LogP contribution >= 0.6 is 0 Å². The lowest BCUT2D eigenvalue weighted by Gasteiger charge is -2.37. The van der Waals surface area contributed by atoms with E-state index in [1.807, 2.05) is 4.90 Å². The normalized spacial score (nSPS) is 19.7. The van der Waals surface area contributed by atoms with Gasteiger partial charge >= 0.3 is 0 Å². The van der Waals surface area contributed by atoms with Crippen LogP contribution in [0.25, 0.3) is 0 Å². The molecule has 2 aromatic carbocycles. The Kier molecular flexibility index (Phi) is 6.14. The van der Waals surface area contributed by atoms with E-state index in [-0.39, 0.29) is 43.2 Å². The van der Waals surface area contributed by atoms with Gasteiger partial charge in [0, 0.05) is 56.0 Å². The highest BCUT2D eigenvalue weighted by molar-refractivity contribution is 6.06. The Bertz CT molecular complexity index is 1290. The number of anilines is 1. The van der Waals surface area contributed by atoms with Gasteiger partial charge in [0.25, 0.3) is 5.91 Å². The van der Waals surface area contributed by atoms with Crippen LogP contribution < -0.4 is 10.2 Å². The van der Waals surface area contributed by atoms with Gasteiger partial charge in [-0.1, -0.05) is 12.1 Å². The molecule has 2 aromatic rings. The van der Waals surface area contributed by atoms with Crippen LogP contribution in [-0.4, -0.2) is 65.6 Å². The minimum Gasteiger partial charge on any atom is -0.368 e. The molecule has 0 spiro atoms. The molecule has 184 valence electrons. The van der Waals surface area contributed by atoms with Crippen molar-refractivity contribution in [2.45, 2.75) is 31.8 Å². The average molecular weight is 490 g/mol. The molecule has 0 aliphatic carbocycles. The summed E-state index contributed by atoms with van der Waals surface area (Å²) in [5, 5.41) is 11.2. The Labute approximate surface area is 207 Å². The number of nitrogens with zero attached hydrogens (tertiary/aromatic N) is 4. The van der Waals surface area contributed by atoms with Gasteiger partial charge in [-0.2, -0.15) is 5.26 Å². The summed E-state index contributed by atoms with van der Waals surface area (Å²) in [6.45, 7) is 2.01. The van der Waals surface area contributed by atoms with Crippen LogP contribution in [0.3, 0.4) is 0 Å². The number of piperidine rings is 1. The number of benzene rings is 2. The van der Waals surface area contributed by atoms with Crippen molar-refractivity contribution < 1.29 is 23.6 Å². The first-order valence-corrected chi connectivity index (χ1v) is 11.8. The zero-order valence-corrected chi connectivity index (χ0v) is 19.5. The standard InChI is InChI=1S/C26H24FN5O4/c27-18-12-19-20(15-32(26(19)36)21-5-6-23(33)29-25(21)35)22(13-18)30-7-9-31(10-8-30)24(34)11-16-1-3-17(14-28)4-2-16/h1-4,12-13,21H,5-11,15H2,(H,29,33,35). The number of hydrogen-bond donors (Lipinski definition) is 1. The van der Waals surface area contributed by atoms with Gasteiger partial charge in [0.2, 0.25) is 17.7 Å². The summed E-state index contributed by atoms with van der Waals surface area (Å²) in [7, 11) is 0. The largest absolute Gasteiger partial charge is 0.368 e. The van der Waals surface area contributed by atoms with Crippen LogP contribution in [0.2, 0.25) is 0 Å². The van der Waals surface area contributed by atoms with E-state index in [1.54, 1.807) is 29.2 Å². The van der Waals surface area contributed by atoms with E-state index in [4.69, 9.17) is 5.26 Å². The third-order valence-corrected chi connectivity index (χ3v) is 7.01. The van der Waals surface area contributed by atoms with Gasteiger partial charge in [-0.15, -0.1) is 0 Å². The predicted octanol–water partition coefficient (Wildman–Crippen LogP) is 1.35. The second kappa shape index (κ2) is 9.41. The van der Waals surface area contributed by atoms with Crippen molar-refractivity contribution in [3.63, 3.8) is 0 Å². The van der Waals surface area contributed by atoms with Gasteiger partial charge in [-0.05, 0) is 36.2 Å². The molecule has 2 saturated heterocycles. The fourth-order valence-electron chi connectivity index (χ4n) is 5.07. The zero-order valence-electron chi connectivity index (χ0n) is 19.5. The van der Waals surface area contributed by atoms with E-state index in [2.05, 4.69) is 11.4 Å². The van der Waals surface area contributed by atoms with Crippen molar-refractivity contribution in [2.24, 2.45) is 0 Å². The van der Waals surface area contributed by atoms with Crippen molar-refractivity contribution in [1.82, 2.24) is 15.1 Å². The number of amides is 4. The number of carbonyl (C=O) groups excluding carboxylic acids is 4. The van der Waals surface area contributed by atoms with Gasteiger partial charge in [0.15, 0.2) is 0 Å². The number of carbonyl (C=O) groups is 4. The quantitative estimate of drug-likeness (QED) is 0.649. The minimum atomic E-state index is -0.768. The number of nitrogens with one attached hydrogen (secondary N) is 1. The molecule has 0 aromatic heterocycles. The number of hydrogen-bond acceptors (Lipinski definition) is 6. The van der Waals surface area contributed by atoms with Crippen LogP contribution in [0.15, 0.2) is 36.4 Å². The summed E-state index contributed by atoms with van der Waals surface area (Å²) in [6.07, 6.45) is 0.620. The summed E-state index contributed by atoms with van der Waals surface area (Å²) in [4.78, 5) is 54.9. The molecule has 3 aliphatic rings. The first kappa shape index (κ1) is 23.5. The summed E-state index contributed by atoms with van der Waals surface area (Å²) < 4.78 is 14.5. The molecular formula is C26H24FN5O4. The van der Waals surface area contributed by atoms with E-state index in [9.17, 15) is 23.6 Å². The Hall–Kier alpha value is -4.26. The van der Waals surface area contributed by atoms with Crippen LogP contribution in [-0.2, 0) is 27.3 Å². The van der Waals surface area contributed by atoms with Crippen molar-refractivity contribution in [3.8, 4) is 6.07 Å². The molecule has 2 fully saturated rings. The first-order valence-electron chi connectivity index (χ1n) is 11.8. The highest BCUT2D eigenvalue weighted by Gasteiger charge is 2.41.